The highest BCUT2D eigenvalue weighted by Crippen LogP contribution is 2.31. The summed E-state index contributed by atoms with van der Waals surface area (Å²) in [5.74, 6) is -0.485. The normalized spacial score (nSPS) is 18.6. The van der Waals surface area contributed by atoms with Crippen LogP contribution in [0.3, 0.4) is 0 Å². The summed E-state index contributed by atoms with van der Waals surface area (Å²) in [7, 11) is 5.18. The molecule has 1 aliphatic heterocycles. The van der Waals surface area contributed by atoms with Crippen molar-refractivity contribution in [2.24, 2.45) is 4.99 Å². The predicted molar refractivity (Wildman–Crippen MR) is 146 cm³/mol. The predicted octanol–water partition coefficient (Wildman–Crippen LogP) is 3.39. The molecule has 0 aromatic carbocycles. The Morgan fingerprint density at radius 2 is 2.11 bits per heavy atom. The second-order valence-corrected chi connectivity index (χ2v) is 9.42. The first-order valence-electron chi connectivity index (χ1n) is 11.6. The number of aliphatic imine (C=N–C) groups is 1. The van der Waals surface area contributed by atoms with E-state index >= 15 is 0 Å². The van der Waals surface area contributed by atoms with Gasteiger partial charge in [0.05, 0.1) is 18.8 Å². The largest absolute Gasteiger partial charge is 0.507 e. The van der Waals surface area contributed by atoms with Crippen LogP contribution < -0.4 is 15.5 Å². The molecule has 36 heavy (non-hydrogen) atoms. The third-order valence-corrected chi connectivity index (χ3v) is 7.09. The lowest BCUT2D eigenvalue weighted by atomic mass is 10.0. The van der Waals surface area contributed by atoms with E-state index in [1.165, 1.54) is 11.3 Å². The molecule has 0 aliphatic carbocycles. The van der Waals surface area contributed by atoms with Crippen molar-refractivity contribution in [2.75, 3.05) is 52.4 Å². The number of halogens is 1. The number of carbonyl (C=O) groups excluding carboxylic acids is 2. The number of aromatic nitrogens is 1. The fourth-order valence-corrected chi connectivity index (χ4v) is 4.35. The number of likely N-dealkylation sites (N-methyl/N-ethyl adjacent to an activating group) is 1. The minimum absolute atomic E-state index is 0.158. The minimum Gasteiger partial charge on any atom is -0.507 e. The number of methoxy groups -OCH3 is 2. The van der Waals surface area contributed by atoms with Crippen molar-refractivity contribution in [2.45, 2.75) is 45.8 Å². The van der Waals surface area contributed by atoms with E-state index in [1.54, 1.807) is 21.1 Å². The molecule has 0 spiro atoms. The van der Waals surface area contributed by atoms with Crippen molar-refractivity contribution in [1.82, 2.24) is 15.6 Å². The van der Waals surface area contributed by atoms with Crippen LogP contribution in [0.2, 0.25) is 0 Å². The fourth-order valence-electron chi connectivity index (χ4n) is 3.15. The number of hydrogen-bond acceptors (Lipinski definition) is 10. The van der Waals surface area contributed by atoms with Gasteiger partial charge < -0.3 is 30.1 Å². The van der Waals surface area contributed by atoms with Gasteiger partial charge in [0.15, 0.2) is 11.4 Å². The summed E-state index contributed by atoms with van der Waals surface area (Å²) in [6.45, 7) is 11.8. The Kier molecular flexibility index (Phi) is 14.5. The maximum Gasteiger partial charge on any atom is 0.265 e. The van der Waals surface area contributed by atoms with Crippen LogP contribution >= 0.6 is 22.9 Å². The van der Waals surface area contributed by atoms with Crippen LogP contribution in [-0.2, 0) is 14.3 Å². The van der Waals surface area contributed by atoms with Crippen molar-refractivity contribution in [3.8, 4) is 0 Å². The molecule has 0 radical (unpaired) electrons. The van der Waals surface area contributed by atoms with Crippen LogP contribution in [0, 0.1) is 0 Å². The van der Waals surface area contributed by atoms with E-state index in [1.807, 2.05) is 25.8 Å². The minimum atomic E-state index is -0.297. The number of nitrogens with zero attached hydrogens (tertiary/aromatic N) is 3. The summed E-state index contributed by atoms with van der Waals surface area (Å²) in [5.41, 5.74) is 1.35. The average molecular weight is 544 g/mol. The van der Waals surface area contributed by atoms with E-state index < -0.39 is 0 Å². The number of hydrogen-bond donors (Lipinski definition) is 3. The Labute approximate surface area is 222 Å². The molecule has 1 aromatic rings. The van der Waals surface area contributed by atoms with Gasteiger partial charge in [-0.2, -0.15) is 0 Å². The van der Waals surface area contributed by atoms with E-state index in [-0.39, 0.29) is 35.2 Å². The zero-order chi connectivity index (χ0) is 27.3. The molecule has 1 amide bonds. The first-order chi connectivity index (χ1) is 17.1. The molecule has 1 aliphatic rings. The monoisotopic (exact) mass is 543 g/mol. The molecule has 2 atom stereocenters. The Morgan fingerprint density at radius 3 is 2.58 bits per heavy atom. The summed E-state index contributed by atoms with van der Waals surface area (Å²) >= 11 is 7.33. The number of rotatable bonds is 11. The van der Waals surface area contributed by atoms with Crippen LogP contribution in [0.1, 0.15) is 49.0 Å². The molecule has 2 heterocycles. The van der Waals surface area contributed by atoms with Gasteiger partial charge in [0, 0.05) is 33.9 Å². The standard InChI is InChI=1S/C20H27ClN4O4S.C4H11NO/c1-6-11(2)18(21)22-12(3)19(28)23-14-7-8-25(9-16(14)29-5)20-24-15(10-26)17(30-20)13(4)27;1-5-3-4-6-2/h10,14,16,27H,4,6-9H2,1-3,5H3,(H,23,28);5H,3-4H2,1-2H3/b18-11+,22-12+;/t14-,16+;/m1./s1. The number of anilines is 1. The van der Waals surface area contributed by atoms with E-state index in [2.05, 4.69) is 27.2 Å². The van der Waals surface area contributed by atoms with Crippen molar-refractivity contribution in [3.05, 3.63) is 27.9 Å². The van der Waals surface area contributed by atoms with Crippen molar-refractivity contribution in [3.63, 3.8) is 0 Å². The van der Waals surface area contributed by atoms with E-state index in [4.69, 9.17) is 21.1 Å². The lowest BCUT2D eigenvalue weighted by Gasteiger charge is -2.37. The van der Waals surface area contributed by atoms with Crippen LogP contribution in [0.5, 0.6) is 0 Å². The molecule has 12 heteroatoms. The van der Waals surface area contributed by atoms with Crippen molar-refractivity contribution < 1.29 is 24.2 Å². The number of aldehydes is 1. The van der Waals surface area contributed by atoms with E-state index in [9.17, 15) is 14.7 Å². The summed E-state index contributed by atoms with van der Waals surface area (Å²) in [6.07, 6.45) is 1.68. The highest BCUT2D eigenvalue weighted by Gasteiger charge is 2.32. The maximum absolute atomic E-state index is 12.6. The topological polar surface area (TPSA) is 125 Å². The third-order valence-electron chi connectivity index (χ3n) is 5.50. The molecule has 0 saturated carbocycles. The average Bonchev–Trinajstić information content (AvgIpc) is 3.32. The molecule has 10 nitrogen and oxygen atoms in total. The highest BCUT2D eigenvalue weighted by molar-refractivity contribution is 7.16. The van der Waals surface area contributed by atoms with E-state index in [0.717, 1.165) is 25.1 Å². The smallest absolute Gasteiger partial charge is 0.265 e. The Bertz CT molecular complexity index is 945. The van der Waals surface area contributed by atoms with Gasteiger partial charge in [0.1, 0.15) is 27.2 Å². The Hall–Kier alpha value is -2.31. The quantitative estimate of drug-likeness (QED) is 0.127. The molecule has 1 aromatic heterocycles. The Balaban J connectivity index is 0.000000960. The van der Waals surface area contributed by atoms with Crippen LogP contribution in [-0.4, -0.2) is 87.6 Å². The van der Waals surface area contributed by atoms with Gasteiger partial charge in [-0.3, -0.25) is 9.59 Å². The molecular weight excluding hydrogens is 506 g/mol. The number of piperidine rings is 1. The molecule has 3 N–H and O–H groups in total. The molecule has 0 bridgehead atoms. The molecule has 1 saturated heterocycles. The van der Waals surface area contributed by atoms with Crippen LogP contribution in [0.4, 0.5) is 5.13 Å². The zero-order valence-electron chi connectivity index (χ0n) is 21.9. The third kappa shape index (κ3) is 9.62. The van der Waals surface area contributed by atoms with Crippen molar-refractivity contribution >= 4 is 51.7 Å². The zero-order valence-corrected chi connectivity index (χ0v) is 23.5. The lowest BCUT2D eigenvalue weighted by Crippen LogP contribution is -2.55. The molecule has 1 fully saturated rings. The van der Waals surface area contributed by atoms with Gasteiger partial charge in [0.25, 0.3) is 5.91 Å². The number of thiazole rings is 1. The number of nitrogens with one attached hydrogen (secondary N) is 2. The highest BCUT2D eigenvalue weighted by atomic mass is 35.5. The number of ether oxygens (including phenoxy) is 2. The summed E-state index contributed by atoms with van der Waals surface area (Å²) in [6, 6.07) is -0.211. The fraction of sp³-hybridized carbons (Fsp3) is 0.583. The summed E-state index contributed by atoms with van der Waals surface area (Å²) in [4.78, 5) is 34.5. The first-order valence-corrected chi connectivity index (χ1v) is 12.8. The number of carbonyl (C=O) groups is 2. The molecule has 202 valence electrons. The lowest BCUT2D eigenvalue weighted by molar-refractivity contribution is -0.116. The molecule has 2 rings (SSSR count). The molecule has 0 unspecified atom stereocenters. The van der Waals surface area contributed by atoms with Gasteiger partial charge in [0.2, 0.25) is 0 Å². The van der Waals surface area contributed by atoms with Gasteiger partial charge in [-0.05, 0) is 39.3 Å². The van der Waals surface area contributed by atoms with E-state index in [0.29, 0.717) is 41.0 Å². The van der Waals surface area contributed by atoms with Gasteiger partial charge >= 0.3 is 0 Å². The maximum atomic E-state index is 12.6. The molecular formula is C24H38ClN5O5S. The SMILES string of the molecule is C=C(O)c1sc(N2CC[C@@H](NC(=O)/C(C)=N/C(Cl)=C(\C)CC)[C@@H](OC)C2)nc1C=O.CNCCOC. The second-order valence-electron chi connectivity index (χ2n) is 8.08. The summed E-state index contributed by atoms with van der Waals surface area (Å²) < 4.78 is 10.3. The first kappa shape index (κ1) is 31.7. The number of aliphatic hydroxyl groups excluding tert-OH is 1. The van der Waals surface area contributed by atoms with Crippen LogP contribution in [0.15, 0.2) is 22.3 Å². The van der Waals surface area contributed by atoms with Gasteiger partial charge in [-0.25, -0.2) is 9.98 Å². The Morgan fingerprint density at radius 1 is 1.42 bits per heavy atom. The second kappa shape index (κ2) is 16.4. The summed E-state index contributed by atoms with van der Waals surface area (Å²) in [5, 5.41) is 16.5. The number of aliphatic hydroxyl groups is 1. The number of allylic oxidation sites excluding steroid dienone is 1. The number of amides is 1. The van der Waals surface area contributed by atoms with Crippen molar-refractivity contribution in [1.29, 1.82) is 0 Å². The van der Waals surface area contributed by atoms with Gasteiger partial charge in [-0.15, -0.1) is 0 Å². The van der Waals surface area contributed by atoms with Gasteiger partial charge in [-0.1, -0.05) is 36.4 Å². The van der Waals surface area contributed by atoms with Crippen LogP contribution in [0.25, 0.3) is 5.76 Å².